The molecule has 6 nitrogen and oxygen atoms in total. The molecule has 0 atom stereocenters. The summed E-state index contributed by atoms with van der Waals surface area (Å²) in [7, 11) is 0. The zero-order chi connectivity index (χ0) is 19.2. The zero-order valence-corrected chi connectivity index (χ0v) is 15.3. The van der Waals surface area contributed by atoms with Gasteiger partial charge in [0.05, 0.1) is 12.2 Å². The molecule has 1 fully saturated rings. The van der Waals surface area contributed by atoms with E-state index in [1.807, 2.05) is 6.92 Å². The molecule has 1 aliphatic heterocycles. The molecule has 27 heavy (non-hydrogen) atoms. The summed E-state index contributed by atoms with van der Waals surface area (Å²) in [4.78, 5) is 17.6. The van der Waals surface area contributed by atoms with Crippen molar-refractivity contribution in [1.82, 2.24) is 10.3 Å². The number of carboxylic acids is 1. The Morgan fingerprint density at radius 3 is 2.74 bits per heavy atom. The van der Waals surface area contributed by atoms with Crippen LogP contribution in [0.3, 0.4) is 0 Å². The van der Waals surface area contributed by atoms with E-state index in [0.717, 1.165) is 31.5 Å². The average Bonchev–Trinajstić information content (AvgIpc) is 2.69. The Balaban J connectivity index is 1.88. The van der Waals surface area contributed by atoms with E-state index in [0.29, 0.717) is 19.0 Å². The van der Waals surface area contributed by atoms with Gasteiger partial charge in [0, 0.05) is 18.8 Å². The zero-order valence-electron chi connectivity index (χ0n) is 15.3. The van der Waals surface area contributed by atoms with Gasteiger partial charge in [-0.05, 0) is 62.7 Å². The van der Waals surface area contributed by atoms with E-state index in [-0.39, 0.29) is 23.2 Å². The maximum absolute atomic E-state index is 13.9. The van der Waals surface area contributed by atoms with E-state index in [1.54, 1.807) is 24.3 Å². The van der Waals surface area contributed by atoms with Gasteiger partial charge in [-0.2, -0.15) is 0 Å². The molecule has 1 aromatic carbocycles. The predicted octanol–water partition coefficient (Wildman–Crippen LogP) is 3.08. The van der Waals surface area contributed by atoms with Crippen molar-refractivity contribution in [2.75, 3.05) is 24.6 Å². The lowest BCUT2D eigenvalue weighted by molar-refractivity contribution is 0.0696. The van der Waals surface area contributed by atoms with Crippen LogP contribution in [0.25, 0.3) is 0 Å². The fourth-order valence-corrected chi connectivity index (χ4v) is 3.31. The van der Waals surface area contributed by atoms with Gasteiger partial charge in [0.1, 0.15) is 5.82 Å². The molecule has 1 aromatic heterocycles. The second-order valence-corrected chi connectivity index (χ2v) is 6.52. The topological polar surface area (TPSA) is 74.7 Å². The van der Waals surface area contributed by atoms with Crippen LogP contribution in [0.15, 0.2) is 36.5 Å². The number of anilines is 1. The quantitative estimate of drug-likeness (QED) is 0.777. The SMILES string of the molecule is CCOc1cc(CN(c2ccc(C(=O)O)cn2)C2CCNCC2)ccc1F. The highest BCUT2D eigenvalue weighted by molar-refractivity contribution is 5.87. The van der Waals surface area contributed by atoms with Gasteiger partial charge >= 0.3 is 5.97 Å². The maximum atomic E-state index is 13.9. The number of hydrogen-bond donors (Lipinski definition) is 2. The molecule has 144 valence electrons. The smallest absolute Gasteiger partial charge is 0.337 e. The first-order chi connectivity index (χ1) is 13.1. The first-order valence-electron chi connectivity index (χ1n) is 9.16. The Bertz CT molecular complexity index is 777. The molecule has 1 saturated heterocycles. The number of aromatic nitrogens is 1. The maximum Gasteiger partial charge on any atom is 0.337 e. The third-order valence-electron chi connectivity index (χ3n) is 4.69. The Hall–Kier alpha value is -2.67. The van der Waals surface area contributed by atoms with Crippen LogP contribution in [-0.2, 0) is 6.54 Å². The molecule has 2 aromatic rings. The van der Waals surface area contributed by atoms with Gasteiger partial charge in [-0.1, -0.05) is 6.07 Å². The standard InChI is InChI=1S/C20H24FN3O3/c1-2-27-18-11-14(3-5-17(18)21)13-24(16-7-9-22-10-8-16)19-6-4-15(12-23-19)20(25)26/h3-6,11-12,16,22H,2,7-10,13H2,1H3,(H,25,26). The molecule has 0 spiro atoms. The number of ether oxygens (including phenoxy) is 1. The minimum Gasteiger partial charge on any atom is -0.491 e. The summed E-state index contributed by atoms with van der Waals surface area (Å²) in [6.45, 7) is 4.60. The summed E-state index contributed by atoms with van der Waals surface area (Å²) < 4.78 is 19.2. The van der Waals surface area contributed by atoms with Crippen molar-refractivity contribution in [2.45, 2.75) is 32.4 Å². The third-order valence-corrected chi connectivity index (χ3v) is 4.69. The highest BCUT2D eigenvalue weighted by atomic mass is 19.1. The van der Waals surface area contributed by atoms with E-state index in [9.17, 15) is 9.18 Å². The van der Waals surface area contributed by atoms with Crippen molar-refractivity contribution in [1.29, 1.82) is 0 Å². The lowest BCUT2D eigenvalue weighted by Crippen LogP contribution is -2.43. The molecule has 0 bridgehead atoms. The van der Waals surface area contributed by atoms with E-state index >= 15 is 0 Å². The Morgan fingerprint density at radius 2 is 2.11 bits per heavy atom. The highest BCUT2D eigenvalue weighted by Gasteiger charge is 2.23. The van der Waals surface area contributed by atoms with E-state index in [1.165, 1.54) is 12.3 Å². The first-order valence-corrected chi connectivity index (χ1v) is 9.16. The molecule has 0 aliphatic carbocycles. The Kier molecular flexibility index (Phi) is 6.24. The lowest BCUT2D eigenvalue weighted by Gasteiger charge is -2.35. The molecule has 3 rings (SSSR count). The van der Waals surface area contributed by atoms with E-state index in [4.69, 9.17) is 9.84 Å². The second-order valence-electron chi connectivity index (χ2n) is 6.52. The molecule has 0 radical (unpaired) electrons. The average molecular weight is 373 g/mol. The van der Waals surface area contributed by atoms with Gasteiger partial charge in [0.25, 0.3) is 0 Å². The number of rotatable bonds is 7. The summed E-state index contributed by atoms with van der Waals surface area (Å²) in [6.07, 6.45) is 3.30. The normalized spacial score (nSPS) is 14.7. The van der Waals surface area contributed by atoms with Crippen molar-refractivity contribution in [2.24, 2.45) is 0 Å². The fraction of sp³-hybridized carbons (Fsp3) is 0.400. The largest absolute Gasteiger partial charge is 0.491 e. The number of pyridine rings is 1. The molecule has 0 saturated carbocycles. The van der Waals surface area contributed by atoms with Crippen LogP contribution >= 0.6 is 0 Å². The summed E-state index contributed by atoms with van der Waals surface area (Å²) in [5, 5.41) is 12.4. The molecule has 7 heteroatoms. The van der Waals surface area contributed by atoms with Gasteiger partial charge in [-0.15, -0.1) is 0 Å². The highest BCUT2D eigenvalue weighted by Crippen LogP contribution is 2.25. The van der Waals surface area contributed by atoms with Gasteiger partial charge in [-0.3, -0.25) is 0 Å². The first kappa shape index (κ1) is 19.1. The molecular weight excluding hydrogens is 349 g/mol. The molecule has 2 N–H and O–H groups in total. The number of benzene rings is 1. The minimum absolute atomic E-state index is 0.157. The Morgan fingerprint density at radius 1 is 1.33 bits per heavy atom. The van der Waals surface area contributed by atoms with Crippen LogP contribution in [0.2, 0.25) is 0 Å². The van der Waals surface area contributed by atoms with Crippen LogP contribution in [0.4, 0.5) is 10.2 Å². The monoisotopic (exact) mass is 373 g/mol. The number of carboxylic acid groups (broad SMARTS) is 1. The van der Waals surface area contributed by atoms with Gasteiger partial charge in [-0.25, -0.2) is 14.2 Å². The Labute approximate surface area is 158 Å². The van der Waals surface area contributed by atoms with Crippen molar-refractivity contribution >= 4 is 11.8 Å². The van der Waals surface area contributed by atoms with Crippen molar-refractivity contribution in [3.8, 4) is 5.75 Å². The van der Waals surface area contributed by atoms with Crippen LogP contribution < -0.4 is 15.0 Å². The molecule has 0 unspecified atom stereocenters. The number of aromatic carboxylic acids is 1. The van der Waals surface area contributed by atoms with Crippen LogP contribution in [0.5, 0.6) is 5.75 Å². The van der Waals surface area contributed by atoms with E-state index in [2.05, 4.69) is 15.2 Å². The second kappa shape index (κ2) is 8.81. The predicted molar refractivity (Wildman–Crippen MR) is 101 cm³/mol. The summed E-state index contributed by atoms with van der Waals surface area (Å²) in [5.74, 6) is -0.413. The van der Waals surface area contributed by atoms with Gasteiger partial charge < -0.3 is 20.1 Å². The van der Waals surface area contributed by atoms with Gasteiger partial charge in [0.15, 0.2) is 11.6 Å². The lowest BCUT2D eigenvalue weighted by atomic mass is 10.0. The van der Waals surface area contributed by atoms with Crippen molar-refractivity contribution < 1.29 is 19.0 Å². The van der Waals surface area contributed by atoms with E-state index < -0.39 is 5.97 Å². The number of carbonyl (C=O) groups is 1. The number of nitrogens with zero attached hydrogens (tertiary/aromatic N) is 2. The van der Waals surface area contributed by atoms with Gasteiger partial charge in [0.2, 0.25) is 0 Å². The summed E-state index contributed by atoms with van der Waals surface area (Å²) in [5.41, 5.74) is 1.08. The third kappa shape index (κ3) is 4.74. The van der Waals surface area contributed by atoms with Crippen molar-refractivity contribution in [3.63, 3.8) is 0 Å². The number of nitrogens with one attached hydrogen (secondary N) is 1. The summed E-state index contributed by atoms with van der Waals surface area (Å²) >= 11 is 0. The van der Waals surface area contributed by atoms with Crippen LogP contribution in [-0.4, -0.2) is 41.8 Å². The number of piperidine rings is 1. The molecular formula is C20H24FN3O3. The number of hydrogen-bond acceptors (Lipinski definition) is 5. The number of halogens is 1. The molecule has 2 heterocycles. The van der Waals surface area contributed by atoms with Crippen LogP contribution in [0.1, 0.15) is 35.7 Å². The van der Waals surface area contributed by atoms with Crippen LogP contribution in [0, 0.1) is 5.82 Å². The summed E-state index contributed by atoms with van der Waals surface area (Å²) in [6, 6.07) is 8.46. The fourth-order valence-electron chi connectivity index (χ4n) is 3.31. The minimum atomic E-state index is -0.998. The molecule has 0 amide bonds. The van der Waals surface area contributed by atoms with Crippen molar-refractivity contribution in [3.05, 3.63) is 53.5 Å². The molecule has 1 aliphatic rings.